The minimum atomic E-state index is -0.198. The van der Waals surface area contributed by atoms with Crippen LogP contribution in [0.1, 0.15) is 17.4 Å². The third-order valence-corrected chi connectivity index (χ3v) is 3.00. The highest BCUT2D eigenvalue weighted by Crippen LogP contribution is 2.15. The molecule has 2 N–H and O–H groups in total. The van der Waals surface area contributed by atoms with Crippen LogP contribution < -0.4 is 5.73 Å². The Morgan fingerprint density at radius 2 is 2.05 bits per heavy atom. The number of aromatic nitrogens is 6. The van der Waals surface area contributed by atoms with Gasteiger partial charge in [0.2, 0.25) is 0 Å². The first-order valence-corrected chi connectivity index (χ1v) is 6.31. The predicted octanol–water partition coefficient (Wildman–Crippen LogP) is 0.638. The summed E-state index contributed by atoms with van der Waals surface area (Å²) >= 11 is 0. The van der Waals surface area contributed by atoms with Gasteiger partial charge in [-0.25, -0.2) is 4.68 Å². The number of aryl methyl sites for hydroxylation is 1. The topological polar surface area (TPSA) is 87.4 Å². The molecule has 2 heterocycles. The molecule has 0 spiro atoms. The third-order valence-electron chi connectivity index (χ3n) is 3.00. The van der Waals surface area contributed by atoms with Crippen molar-refractivity contribution in [3.63, 3.8) is 0 Å². The highest BCUT2D eigenvalue weighted by atomic mass is 15.6. The number of benzene rings is 1. The average molecular weight is 269 g/mol. The molecule has 0 aliphatic rings. The number of tetrazole rings is 1. The smallest absolute Gasteiger partial charge is 0.176 e. The van der Waals surface area contributed by atoms with Crippen LogP contribution >= 0.6 is 0 Å². The largest absolute Gasteiger partial charge is 0.323 e. The lowest BCUT2D eigenvalue weighted by atomic mass is 10.1. The van der Waals surface area contributed by atoms with Crippen molar-refractivity contribution < 1.29 is 0 Å². The molecule has 7 heteroatoms. The summed E-state index contributed by atoms with van der Waals surface area (Å²) < 4.78 is 1.80. The Labute approximate surface area is 116 Å². The van der Waals surface area contributed by atoms with Crippen LogP contribution in [-0.2, 0) is 13.5 Å². The second kappa shape index (κ2) is 5.22. The van der Waals surface area contributed by atoms with Crippen molar-refractivity contribution in [3.05, 3.63) is 54.1 Å². The standard InChI is InChI=1S/C13H15N7/c1-19-17-13(16-18-19)7-12(14)10-8-15-20(9-10)11-5-3-2-4-6-11/h2-6,8-9,12H,7,14H2,1H3. The summed E-state index contributed by atoms with van der Waals surface area (Å²) in [5.41, 5.74) is 8.11. The van der Waals surface area contributed by atoms with E-state index in [1.54, 1.807) is 17.9 Å². The van der Waals surface area contributed by atoms with E-state index in [0.29, 0.717) is 12.2 Å². The molecule has 3 aromatic rings. The zero-order valence-electron chi connectivity index (χ0n) is 11.1. The van der Waals surface area contributed by atoms with Crippen LogP contribution in [0.25, 0.3) is 5.69 Å². The highest BCUT2D eigenvalue weighted by molar-refractivity contribution is 5.31. The van der Waals surface area contributed by atoms with Crippen LogP contribution in [0.3, 0.4) is 0 Å². The van der Waals surface area contributed by atoms with Gasteiger partial charge < -0.3 is 5.73 Å². The van der Waals surface area contributed by atoms with Gasteiger partial charge in [-0.05, 0) is 17.3 Å². The highest BCUT2D eigenvalue weighted by Gasteiger charge is 2.13. The second-order valence-corrected chi connectivity index (χ2v) is 4.56. The van der Waals surface area contributed by atoms with Gasteiger partial charge in [0.15, 0.2) is 5.82 Å². The molecule has 1 atom stereocenters. The van der Waals surface area contributed by atoms with Gasteiger partial charge in [0.1, 0.15) is 0 Å². The molecule has 0 radical (unpaired) electrons. The van der Waals surface area contributed by atoms with Gasteiger partial charge in [-0.3, -0.25) is 0 Å². The second-order valence-electron chi connectivity index (χ2n) is 4.56. The van der Waals surface area contributed by atoms with E-state index in [2.05, 4.69) is 20.5 Å². The van der Waals surface area contributed by atoms with E-state index in [4.69, 9.17) is 5.73 Å². The molecule has 1 aromatic carbocycles. The Balaban J connectivity index is 1.76. The fraction of sp³-hybridized carbons (Fsp3) is 0.231. The Hall–Kier alpha value is -2.54. The molecule has 2 aromatic heterocycles. The molecule has 3 rings (SSSR count). The Morgan fingerprint density at radius 3 is 2.75 bits per heavy atom. The summed E-state index contributed by atoms with van der Waals surface area (Å²) in [6.45, 7) is 0. The molecular formula is C13H15N7. The minimum Gasteiger partial charge on any atom is -0.323 e. The number of nitrogens with two attached hydrogens (primary N) is 1. The third kappa shape index (κ3) is 2.57. The zero-order chi connectivity index (χ0) is 13.9. The maximum Gasteiger partial charge on any atom is 0.176 e. The number of hydrogen-bond donors (Lipinski definition) is 1. The molecule has 0 saturated carbocycles. The fourth-order valence-electron chi connectivity index (χ4n) is 1.97. The Bertz CT molecular complexity index is 686. The van der Waals surface area contributed by atoms with Gasteiger partial charge >= 0.3 is 0 Å². The monoisotopic (exact) mass is 269 g/mol. The van der Waals surface area contributed by atoms with Crippen molar-refractivity contribution in [2.24, 2.45) is 12.8 Å². The molecule has 0 aliphatic carbocycles. The number of rotatable bonds is 4. The van der Waals surface area contributed by atoms with Crippen molar-refractivity contribution in [1.29, 1.82) is 0 Å². The van der Waals surface area contributed by atoms with Crippen LogP contribution in [-0.4, -0.2) is 30.0 Å². The van der Waals surface area contributed by atoms with Crippen LogP contribution in [0.15, 0.2) is 42.7 Å². The molecule has 1 unspecified atom stereocenters. The lowest BCUT2D eigenvalue weighted by molar-refractivity contribution is 0.622. The number of hydrogen-bond acceptors (Lipinski definition) is 5. The number of nitrogens with zero attached hydrogens (tertiary/aromatic N) is 6. The van der Waals surface area contributed by atoms with Crippen LogP contribution in [0.2, 0.25) is 0 Å². The van der Waals surface area contributed by atoms with Gasteiger partial charge in [0, 0.05) is 24.2 Å². The van der Waals surface area contributed by atoms with E-state index in [1.807, 2.05) is 36.5 Å². The SMILES string of the molecule is Cn1nnc(CC(N)c2cnn(-c3ccccc3)c2)n1. The van der Waals surface area contributed by atoms with Crippen molar-refractivity contribution >= 4 is 0 Å². The van der Waals surface area contributed by atoms with E-state index in [9.17, 15) is 0 Å². The van der Waals surface area contributed by atoms with Gasteiger partial charge in [-0.1, -0.05) is 18.2 Å². The van der Waals surface area contributed by atoms with Gasteiger partial charge in [-0.15, -0.1) is 10.2 Å². The fourth-order valence-corrected chi connectivity index (χ4v) is 1.97. The van der Waals surface area contributed by atoms with Crippen LogP contribution in [0, 0.1) is 0 Å². The van der Waals surface area contributed by atoms with Crippen molar-refractivity contribution in [2.75, 3.05) is 0 Å². The molecule has 102 valence electrons. The lowest BCUT2D eigenvalue weighted by Gasteiger charge is -2.05. The van der Waals surface area contributed by atoms with E-state index >= 15 is 0 Å². The molecule has 0 bridgehead atoms. The van der Waals surface area contributed by atoms with Crippen LogP contribution in [0.4, 0.5) is 0 Å². The molecule has 0 aliphatic heterocycles. The molecular weight excluding hydrogens is 254 g/mol. The first-order valence-electron chi connectivity index (χ1n) is 6.31. The van der Waals surface area contributed by atoms with Gasteiger partial charge in [0.25, 0.3) is 0 Å². The number of para-hydroxylation sites is 1. The molecule has 7 nitrogen and oxygen atoms in total. The maximum atomic E-state index is 6.16. The maximum absolute atomic E-state index is 6.16. The lowest BCUT2D eigenvalue weighted by Crippen LogP contribution is -2.13. The molecule has 0 fully saturated rings. The summed E-state index contributed by atoms with van der Waals surface area (Å²) in [4.78, 5) is 1.43. The van der Waals surface area contributed by atoms with E-state index < -0.39 is 0 Å². The summed E-state index contributed by atoms with van der Waals surface area (Å²) in [5.74, 6) is 0.632. The molecule has 20 heavy (non-hydrogen) atoms. The quantitative estimate of drug-likeness (QED) is 0.751. The van der Waals surface area contributed by atoms with Gasteiger partial charge in [0.05, 0.1) is 18.9 Å². The normalized spacial score (nSPS) is 12.5. The van der Waals surface area contributed by atoms with Crippen molar-refractivity contribution in [3.8, 4) is 5.69 Å². The zero-order valence-corrected chi connectivity index (χ0v) is 11.1. The first kappa shape index (κ1) is 12.5. The van der Waals surface area contributed by atoms with Gasteiger partial charge in [-0.2, -0.15) is 9.90 Å². The van der Waals surface area contributed by atoms with Crippen molar-refractivity contribution in [2.45, 2.75) is 12.5 Å². The predicted molar refractivity (Wildman–Crippen MR) is 73.0 cm³/mol. The summed E-state index contributed by atoms with van der Waals surface area (Å²) in [5, 5.41) is 16.2. The molecule has 0 saturated heterocycles. The average Bonchev–Trinajstić information content (AvgIpc) is 3.09. The Kier molecular flexibility index (Phi) is 3.26. The van der Waals surface area contributed by atoms with E-state index in [0.717, 1.165) is 11.3 Å². The Morgan fingerprint density at radius 1 is 1.25 bits per heavy atom. The molecule has 0 amide bonds. The van der Waals surface area contributed by atoms with Crippen LogP contribution in [0.5, 0.6) is 0 Å². The van der Waals surface area contributed by atoms with E-state index in [-0.39, 0.29) is 6.04 Å². The summed E-state index contributed by atoms with van der Waals surface area (Å²) in [6, 6.07) is 9.70. The summed E-state index contributed by atoms with van der Waals surface area (Å²) in [7, 11) is 1.73. The van der Waals surface area contributed by atoms with E-state index in [1.165, 1.54) is 4.80 Å². The van der Waals surface area contributed by atoms with Crippen molar-refractivity contribution in [1.82, 2.24) is 30.0 Å². The summed E-state index contributed by atoms with van der Waals surface area (Å²) in [6.07, 6.45) is 4.23. The minimum absolute atomic E-state index is 0.198. The first-order chi connectivity index (χ1) is 9.72.